The number of fused-ring (bicyclic) bond motifs is 1. The molecule has 0 atom stereocenters. The molecular formula is C27H30N6O3S. The van der Waals surface area contributed by atoms with Crippen LogP contribution in [0.1, 0.15) is 42.4 Å². The Balaban J connectivity index is 1.42. The summed E-state index contributed by atoms with van der Waals surface area (Å²) in [5.74, 6) is 1.07. The molecule has 1 aromatic carbocycles. The second-order valence-electron chi connectivity index (χ2n) is 9.14. The monoisotopic (exact) mass is 518 g/mol. The number of allylic oxidation sites excluding steroid dienone is 1. The van der Waals surface area contributed by atoms with Crippen LogP contribution in [0.4, 0.5) is 11.5 Å². The first-order chi connectivity index (χ1) is 17.9. The molecule has 37 heavy (non-hydrogen) atoms. The fraction of sp³-hybridized carbons (Fsp3) is 0.296. The van der Waals surface area contributed by atoms with Crippen LogP contribution < -0.4 is 15.4 Å². The number of anilines is 2. The zero-order chi connectivity index (χ0) is 26.0. The smallest absolute Gasteiger partial charge is 0.316 e. The van der Waals surface area contributed by atoms with E-state index < -0.39 is 10.0 Å². The molecule has 0 aliphatic carbocycles. The quantitative estimate of drug-likeness (QED) is 0.495. The Bertz CT molecular complexity index is 1440. The van der Waals surface area contributed by atoms with Crippen LogP contribution in [0.5, 0.6) is 6.01 Å². The summed E-state index contributed by atoms with van der Waals surface area (Å²) < 4.78 is 30.3. The van der Waals surface area contributed by atoms with Gasteiger partial charge in [0.25, 0.3) is 0 Å². The maximum Gasteiger partial charge on any atom is 0.316 e. The molecule has 0 bridgehead atoms. The van der Waals surface area contributed by atoms with Crippen LogP contribution in [0.15, 0.2) is 55.0 Å². The maximum atomic E-state index is 11.8. The number of pyridine rings is 1. The lowest BCUT2D eigenvalue weighted by atomic mass is 9.90. The van der Waals surface area contributed by atoms with E-state index in [1.807, 2.05) is 31.3 Å². The Morgan fingerprint density at radius 2 is 1.84 bits per heavy atom. The van der Waals surface area contributed by atoms with Gasteiger partial charge in [-0.15, -0.1) is 0 Å². The number of benzene rings is 1. The molecule has 0 radical (unpaired) electrons. The normalized spacial score (nSPS) is 17.3. The number of hydrogen-bond acceptors (Lipinski definition) is 8. The summed E-state index contributed by atoms with van der Waals surface area (Å²) in [7, 11) is -1.59. The molecule has 2 aliphatic rings. The lowest BCUT2D eigenvalue weighted by molar-refractivity contribution is 0.321. The van der Waals surface area contributed by atoms with Crippen molar-refractivity contribution in [3.8, 4) is 17.3 Å². The summed E-state index contributed by atoms with van der Waals surface area (Å²) >= 11 is 0. The van der Waals surface area contributed by atoms with Gasteiger partial charge in [0.05, 0.1) is 19.1 Å². The van der Waals surface area contributed by atoms with Gasteiger partial charge in [0.15, 0.2) is 0 Å². The molecule has 9 nitrogen and oxygen atoms in total. The summed E-state index contributed by atoms with van der Waals surface area (Å²) in [6, 6.07) is 10.7. The molecule has 2 aromatic heterocycles. The number of sulfonamides is 1. The van der Waals surface area contributed by atoms with E-state index in [1.165, 1.54) is 18.9 Å². The zero-order valence-corrected chi connectivity index (χ0v) is 21.9. The first kappa shape index (κ1) is 24.9. The van der Waals surface area contributed by atoms with Crippen LogP contribution >= 0.6 is 0 Å². The van der Waals surface area contributed by atoms with Gasteiger partial charge in [0.1, 0.15) is 5.82 Å². The number of hydrogen-bond donors (Lipinski definition) is 2. The topological polar surface area (TPSA) is 109 Å². The van der Waals surface area contributed by atoms with Crippen molar-refractivity contribution in [1.29, 1.82) is 0 Å². The van der Waals surface area contributed by atoms with Gasteiger partial charge in [-0.25, -0.2) is 27.7 Å². The van der Waals surface area contributed by atoms with Gasteiger partial charge in [-0.2, -0.15) is 0 Å². The summed E-state index contributed by atoms with van der Waals surface area (Å²) in [5, 5.41) is 6.81. The van der Waals surface area contributed by atoms with E-state index in [2.05, 4.69) is 44.9 Å². The third-order valence-electron chi connectivity index (χ3n) is 6.78. The summed E-state index contributed by atoms with van der Waals surface area (Å²) in [4.78, 5) is 13.4. The van der Waals surface area contributed by atoms with Crippen LogP contribution in [-0.4, -0.2) is 54.1 Å². The maximum absolute atomic E-state index is 11.8. The standard InChI is InChI=1S/C27H30N6O3S/c1-4-23-25-20(9-12-28-23)15-24(21-16-29-27(36-2)30-17-21)32-26(25)31-22-7-5-18(6-8-22)19-10-13-33(14-11-19)37(3,34)35/h4-9,12,15-17,19,28H,10-11,13-14H2,1-3H3,(H,31,32)/b23-4+. The molecule has 0 spiro atoms. The van der Waals surface area contributed by atoms with Crippen molar-refractivity contribution in [2.24, 2.45) is 0 Å². The SMILES string of the molecule is C/C=C1/NC=Cc2cc(-c3cnc(OC)nc3)nc(Nc3ccc(C4CCN(S(C)(=O)=O)CC4)cc3)c21. The highest BCUT2D eigenvalue weighted by Gasteiger charge is 2.26. The average molecular weight is 519 g/mol. The van der Waals surface area contributed by atoms with Crippen LogP contribution in [-0.2, 0) is 10.0 Å². The Kier molecular flexibility index (Phi) is 6.94. The molecule has 192 valence electrons. The molecule has 5 rings (SSSR count). The number of piperidine rings is 1. The fourth-order valence-electron chi connectivity index (χ4n) is 4.79. The second kappa shape index (κ2) is 10.3. The molecule has 2 aliphatic heterocycles. The Morgan fingerprint density at radius 1 is 1.14 bits per heavy atom. The van der Waals surface area contributed by atoms with E-state index in [1.54, 1.807) is 16.7 Å². The summed E-state index contributed by atoms with van der Waals surface area (Å²) in [5.41, 5.74) is 6.66. The minimum Gasteiger partial charge on any atom is -0.467 e. The van der Waals surface area contributed by atoms with E-state index in [4.69, 9.17) is 9.72 Å². The first-order valence-electron chi connectivity index (χ1n) is 12.2. The van der Waals surface area contributed by atoms with Gasteiger partial charge in [-0.3, -0.25) is 0 Å². The molecule has 0 amide bonds. The van der Waals surface area contributed by atoms with Crippen LogP contribution in [0.25, 0.3) is 23.0 Å². The van der Waals surface area contributed by atoms with Gasteiger partial charge >= 0.3 is 6.01 Å². The predicted molar refractivity (Wildman–Crippen MR) is 146 cm³/mol. The zero-order valence-electron chi connectivity index (χ0n) is 21.1. The molecular weight excluding hydrogens is 488 g/mol. The lowest BCUT2D eigenvalue weighted by Gasteiger charge is -2.30. The van der Waals surface area contributed by atoms with E-state index in [-0.39, 0.29) is 0 Å². The Labute approximate surface area is 217 Å². The number of aromatic nitrogens is 3. The van der Waals surface area contributed by atoms with Gasteiger partial charge < -0.3 is 15.4 Å². The number of rotatable bonds is 6. The van der Waals surface area contributed by atoms with E-state index in [0.29, 0.717) is 25.0 Å². The van der Waals surface area contributed by atoms with Crippen molar-refractivity contribution in [2.75, 3.05) is 31.8 Å². The summed E-state index contributed by atoms with van der Waals surface area (Å²) in [6.45, 7) is 3.12. The van der Waals surface area contributed by atoms with Gasteiger partial charge in [-0.1, -0.05) is 18.2 Å². The third kappa shape index (κ3) is 5.35. The fourth-order valence-corrected chi connectivity index (χ4v) is 5.66. The lowest BCUT2D eigenvalue weighted by Crippen LogP contribution is -2.37. The van der Waals surface area contributed by atoms with Gasteiger partial charge in [0, 0.05) is 54.2 Å². The van der Waals surface area contributed by atoms with E-state index in [9.17, 15) is 8.42 Å². The number of nitrogens with zero attached hydrogens (tertiary/aromatic N) is 4. The average Bonchev–Trinajstić information content (AvgIpc) is 2.92. The van der Waals surface area contributed by atoms with Gasteiger partial charge in [0.2, 0.25) is 10.0 Å². The number of nitrogens with one attached hydrogen (secondary N) is 2. The van der Waals surface area contributed by atoms with Crippen molar-refractivity contribution in [3.05, 3.63) is 71.7 Å². The van der Waals surface area contributed by atoms with Crippen molar-refractivity contribution in [2.45, 2.75) is 25.7 Å². The van der Waals surface area contributed by atoms with Crippen molar-refractivity contribution in [3.63, 3.8) is 0 Å². The second-order valence-corrected chi connectivity index (χ2v) is 11.1. The Hall–Kier alpha value is -3.76. The Morgan fingerprint density at radius 3 is 2.46 bits per heavy atom. The van der Waals surface area contributed by atoms with Crippen LogP contribution in [0.3, 0.4) is 0 Å². The molecule has 1 saturated heterocycles. The van der Waals surface area contributed by atoms with E-state index >= 15 is 0 Å². The number of methoxy groups -OCH3 is 1. The largest absolute Gasteiger partial charge is 0.467 e. The predicted octanol–water partition coefficient (Wildman–Crippen LogP) is 4.36. The number of ether oxygens (including phenoxy) is 1. The third-order valence-corrected chi connectivity index (χ3v) is 8.09. The molecule has 2 N–H and O–H groups in total. The molecule has 3 aromatic rings. The first-order valence-corrected chi connectivity index (χ1v) is 14.0. The molecule has 0 unspecified atom stereocenters. The minimum absolute atomic E-state index is 0.308. The molecule has 0 saturated carbocycles. The highest BCUT2D eigenvalue weighted by atomic mass is 32.2. The van der Waals surface area contributed by atoms with Crippen LogP contribution in [0, 0.1) is 0 Å². The van der Waals surface area contributed by atoms with Crippen molar-refractivity contribution >= 4 is 33.3 Å². The minimum atomic E-state index is -3.13. The van der Waals surface area contributed by atoms with Crippen molar-refractivity contribution < 1.29 is 13.2 Å². The summed E-state index contributed by atoms with van der Waals surface area (Å²) in [6.07, 6.45) is 12.3. The van der Waals surface area contributed by atoms with Crippen molar-refractivity contribution in [1.82, 2.24) is 24.6 Å². The van der Waals surface area contributed by atoms with Crippen LogP contribution in [0.2, 0.25) is 0 Å². The molecule has 4 heterocycles. The molecule has 1 fully saturated rings. The van der Waals surface area contributed by atoms with E-state index in [0.717, 1.165) is 52.4 Å². The highest BCUT2D eigenvalue weighted by Crippen LogP contribution is 2.35. The highest BCUT2D eigenvalue weighted by molar-refractivity contribution is 7.88. The molecule has 10 heteroatoms. The van der Waals surface area contributed by atoms with Gasteiger partial charge in [-0.05, 0) is 61.1 Å².